The van der Waals surface area contributed by atoms with Crippen LogP contribution in [0.15, 0.2) is 46.8 Å². The molecule has 0 saturated heterocycles. The van der Waals surface area contributed by atoms with Gasteiger partial charge in [0.2, 0.25) is 11.0 Å². The molecule has 2 aromatic carbocycles. The molecule has 5 nitrogen and oxygen atoms in total. The molecule has 142 valence electrons. The lowest BCUT2D eigenvalue weighted by atomic mass is 10.00. The minimum atomic E-state index is -0.0538. The highest BCUT2D eigenvalue weighted by Crippen LogP contribution is 2.27. The van der Waals surface area contributed by atoms with E-state index in [2.05, 4.69) is 58.9 Å². The molecule has 1 aromatic heterocycles. The number of carbonyl (C=O) groups is 1. The van der Waals surface area contributed by atoms with Gasteiger partial charge >= 0.3 is 0 Å². The largest absolute Gasteiger partial charge is 0.360 e. The second-order valence-corrected chi connectivity index (χ2v) is 8.99. The van der Waals surface area contributed by atoms with Gasteiger partial charge in [0.25, 0.3) is 0 Å². The number of rotatable bonds is 8. The van der Waals surface area contributed by atoms with Gasteiger partial charge in [0.15, 0.2) is 4.34 Å². The molecule has 0 radical (unpaired) electrons. The maximum absolute atomic E-state index is 12.4. The molecule has 3 rings (SSSR count). The van der Waals surface area contributed by atoms with Gasteiger partial charge in [-0.2, -0.15) is 0 Å². The van der Waals surface area contributed by atoms with Gasteiger partial charge in [0, 0.05) is 6.54 Å². The summed E-state index contributed by atoms with van der Waals surface area (Å²) in [6, 6.07) is 14.4. The highest BCUT2D eigenvalue weighted by molar-refractivity contribution is 8.01. The van der Waals surface area contributed by atoms with Crippen LogP contribution in [0, 0.1) is 5.92 Å². The summed E-state index contributed by atoms with van der Waals surface area (Å²) in [7, 11) is 0. The predicted molar refractivity (Wildman–Crippen MR) is 114 cm³/mol. The number of anilines is 1. The summed E-state index contributed by atoms with van der Waals surface area (Å²) in [6.45, 7) is 7.17. The van der Waals surface area contributed by atoms with E-state index in [-0.39, 0.29) is 11.9 Å². The highest BCUT2D eigenvalue weighted by Gasteiger charge is 2.14. The number of nitrogens with zero attached hydrogens (tertiary/aromatic N) is 2. The quantitative estimate of drug-likeness (QED) is 0.535. The Morgan fingerprint density at radius 3 is 2.70 bits per heavy atom. The van der Waals surface area contributed by atoms with Gasteiger partial charge in [0.1, 0.15) is 0 Å². The van der Waals surface area contributed by atoms with E-state index in [4.69, 9.17) is 0 Å². The lowest BCUT2D eigenvalue weighted by Crippen LogP contribution is -2.28. The highest BCUT2D eigenvalue weighted by atomic mass is 32.2. The van der Waals surface area contributed by atoms with Crippen molar-refractivity contribution in [2.24, 2.45) is 5.92 Å². The monoisotopic (exact) mass is 400 g/mol. The fraction of sp³-hybridized carbons (Fsp3) is 0.350. The van der Waals surface area contributed by atoms with Crippen LogP contribution in [-0.4, -0.2) is 28.4 Å². The third-order valence-corrected chi connectivity index (χ3v) is 6.08. The van der Waals surface area contributed by atoms with Gasteiger partial charge in [-0.3, -0.25) is 4.79 Å². The zero-order valence-corrected chi connectivity index (χ0v) is 17.4. The fourth-order valence-electron chi connectivity index (χ4n) is 2.75. The molecule has 2 N–H and O–H groups in total. The molecule has 0 spiro atoms. The van der Waals surface area contributed by atoms with E-state index in [9.17, 15) is 4.79 Å². The second-order valence-electron chi connectivity index (χ2n) is 6.79. The van der Waals surface area contributed by atoms with Gasteiger partial charge in [-0.25, -0.2) is 0 Å². The summed E-state index contributed by atoms with van der Waals surface area (Å²) in [5.74, 6) is 0.868. The third kappa shape index (κ3) is 5.43. The van der Waals surface area contributed by atoms with Crippen molar-refractivity contribution >= 4 is 44.9 Å². The van der Waals surface area contributed by atoms with Crippen LogP contribution < -0.4 is 10.6 Å². The molecule has 1 amide bonds. The number of nitrogens with one attached hydrogen (secondary N) is 2. The van der Waals surface area contributed by atoms with E-state index >= 15 is 0 Å². The Labute approximate surface area is 168 Å². The molecule has 0 aliphatic heterocycles. The van der Waals surface area contributed by atoms with Gasteiger partial charge in [-0.15, -0.1) is 10.2 Å². The van der Waals surface area contributed by atoms with Crippen LogP contribution >= 0.6 is 23.1 Å². The van der Waals surface area contributed by atoms with E-state index in [0.717, 1.165) is 21.6 Å². The van der Waals surface area contributed by atoms with Crippen molar-refractivity contribution in [3.05, 3.63) is 48.0 Å². The number of benzene rings is 2. The molecule has 3 aromatic rings. The normalized spacial score (nSPS) is 12.3. The first-order valence-corrected chi connectivity index (χ1v) is 10.8. The molecular formula is C20H24N4OS2. The number of hydrogen-bond acceptors (Lipinski definition) is 6. The summed E-state index contributed by atoms with van der Waals surface area (Å²) in [4.78, 5) is 12.4. The van der Waals surface area contributed by atoms with E-state index < -0.39 is 0 Å². The third-order valence-electron chi connectivity index (χ3n) is 4.06. The molecule has 0 unspecified atom stereocenters. The molecule has 0 aliphatic rings. The van der Waals surface area contributed by atoms with Gasteiger partial charge < -0.3 is 10.6 Å². The molecule has 1 heterocycles. The summed E-state index contributed by atoms with van der Waals surface area (Å²) in [6.07, 6.45) is 0. The number of thioether (sulfide) groups is 1. The van der Waals surface area contributed by atoms with Gasteiger partial charge in [-0.05, 0) is 29.2 Å². The maximum atomic E-state index is 12.4. The Bertz CT molecular complexity index is 904. The van der Waals surface area contributed by atoms with Crippen molar-refractivity contribution in [2.75, 3.05) is 17.6 Å². The first-order valence-electron chi connectivity index (χ1n) is 9.00. The SMILES string of the molecule is CC(C)CNc1nnc(SCC(=O)N[C@H](C)c2cccc3ccccc23)s1. The molecule has 27 heavy (non-hydrogen) atoms. The van der Waals surface area contributed by atoms with Crippen LogP contribution in [0.1, 0.15) is 32.4 Å². The summed E-state index contributed by atoms with van der Waals surface area (Å²) >= 11 is 2.90. The van der Waals surface area contributed by atoms with E-state index in [1.165, 1.54) is 33.9 Å². The Balaban J connectivity index is 1.54. The minimum absolute atomic E-state index is 0.00711. The average molecular weight is 401 g/mol. The molecule has 0 bridgehead atoms. The van der Waals surface area contributed by atoms with Crippen molar-refractivity contribution in [3.63, 3.8) is 0 Å². The topological polar surface area (TPSA) is 66.9 Å². The molecule has 0 fully saturated rings. The lowest BCUT2D eigenvalue weighted by Gasteiger charge is -2.16. The van der Waals surface area contributed by atoms with Crippen molar-refractivity contribution in [1.82, 2.24) is 15.5 Å². The molecule has 7 heteroatoms. The standard InChI is InChI=1S/C20H24N4OS2/c1-13(2)11-21-19-23-24-20(27-19)26-12-18(25)22-14(3)16-10-6-8-15-7-4-5-9-17(15)16/h4-10,13-14H,11-12H2,1-3H3,(H,21,23)(H,22,25)/t14-/m1/s1. The number of carbonyl (C=O) groups excluding carboxylic acids is 1. The van der Waals surface area contributed by atoms with E-state index in [1.54, 1.807) is 0 Å². The summed E-state index contributed by atoms with van der Waals surface area (Å²) < 4.78 is 0.800. The van der Waals surface area contributed by atoms with Crippen molar-refractivity contribution in [3.8, 4) is 0 Å². The predicted octanol–water partition coefficient (Wildman–Crippen LogP) is 4.73. The maximum Gasteiger partial charge on any atom is 0.230 e. The summed E-state index contributed by atoms with van der Waals surface area (Å²) in [5.41, 5.74) is 1.13. The minimum Gasteiger partial charge on any atom is -0.360 e. The van der Waals surface area contributed by atoms with Crippen LogP contribution in [-0.2, 0) is 4.79 Å². The van der Waals surface area contributed by atoms with Crippen LogP contribution in [0.5, 0.6) is 0 Å². The van der Waals surface area contributed by atoms with Gasteiger partial charge in [-0.1, -0.05) is 79.4 Å². The number of amides is 1. The Hall–Kier alpha value is -2.12. The number of fused-ring (bicyclic) bond motifs is 1. The zero-order valence-electron chi connectivity index (χ0n) is 15.7. The van der Waals surface area contributed by atoms with Crippen LogP contribution in [0.25, 0.3) is 10.8 Å². The van der Waals surface area contributed by atoms with Crippen LogP contribution in [0.2, 0.25) is 0 Å². The molecule has 1 atom stereocenters. The van der Waals surface area contributed by atoms with Crippen molar-refractivity contribution in [1.29, 1.82) is 0 Å². The zero-order chi connectivity index (χ0) is 19.2. The lowest BCUT2D eigenvalue weighted by molar-refractivity contribution is -0.119. The first-order chi connectivity index (χ1) is 13.0. The fourth-order valence-corrected chi connectivity index (χ4v) is 4.32. The van der Waals surface area contributed by atoms with E-state index in [0.29, 0.717) is 11.7 Å². The van der Waals surface area contributed by atoms with Crippen molar-refractivity contribution < 1.29 is 4.79 Å². The number of hydrogen-bond donors (Lipinski definition) is 2. The second kappa shape index (κ2) is 9.19. The molecule has 0 aliphatic carbocycles. The first kappa shape index (κ1) is 19.6. The molecule has 0 saturated carbocycles. The summed E-state index contributed by atoms with van der Waals surface area (Å²) in [5, 5.41) is 17.7. The Kier molecular flexibility index (Phi) is 6.68. The Morgan fingerprint density at radius 2 is 1.89 bits per heavy atom. The van der Waals surface area contributed by atoms with Crippen molar-refractivity contribution in [2.45, 2.75) is 31.2 Å². The smallest absolute Gasteiger partial charge is 0.230 e. The van der Waals surface area contributed by atoms with E-state index in [1.807, 2.05) is 25.1 Å². The average Bonchev–Trinajstić information content (AvgIpc) is 3.12. The number of aromatic nitrogens is 2. The Morgan fingerprint density at radius 1 is 1.11 bits per heavy atom. The van der Waals surface area contributed by atoms with Crippen LogP contribution in [0.3, 0.4) is 0 Å². The molecular weight excluding hydrogens is 376 g/mol. The van der Waals surface area contributed by atoms with Gasteiger partial charge in [0.05, 0.1) is 11.8 Å². The van der Waals surface area contributed by atoms with Crippen LogP contribution in [0.4, 0.5) is 5.13 Å².